The van der Waals surface area contributed by atoms with Crippen molar-refractivity contribution < 1.29 is 8.83 Å². The number of anilines is 6. The lowest BCUT2D eigenvalue weighted by Crippen LogP contribution is -2.26. The van der Waals surface area contributed by atoms with Gasteiger partial charge in [0.1, 0.15) is 22.7 Å². The summed E-state index contributed by atoms with van der Waals surface area (Å²) in [6.45, 7) is 0. The summed E-state index contributed by atoms with van der Waals surface area (Å²) in [5, 5.41) is 4.65. The number of para-hydroxylation sites is 3. The van der Waals surface area contributed by atoms with Crippen LogP contribution >= 0.6 is 0 Å². The van der Waals surface area contributed by atoms with Crippen molar-refractivity contribution in [3.63, 3.8) is 0 Å². The molecule has 98 heavy (non-hydrogen) atoms. The van der Waals surface area contributed by atoms with Gasteiger partial charge in [0.15, 0.2) is 0 Å². The van der Waals surface area contributed by atoms with Gasteiger partial charge in [0.05, 0.1) is 16.5 Å². The van der Waals surface area contributed by atoms with Crippen LogP contribution in [0.25, 0.3) is 111 Å². The lowest BCUT2D eigenvalue weighted by Gasteiger charge is -2.32. The molecular formula is C94H58N2O2. The Morgan fingerprint density at radius 2 is 0.673 bits per heavy atom. The van der Waals surface area contributed by atoms with Gasteiger partial charge in [0.25, 0.3) is 0 Å². The van der Waals surface area contributed by atoms with Gasteiger partial charge in [0.2, 0.25) is 0 Å². The van der Waals surface area contributed by atoms with Gasteiger partial charge in [-0.15, -0.1) is 0 Å². The summed E-state index contributed by atoms with van der Waals surface area (Å²) < 4.78 is 14.3. The molecule has 1 atom stereocenters. The van der Waals surface area contributed by atoms with E-state index >= 15 is 0 Å². The van der Waals surface area contributed by atoms with E-state index in [4.69, 9.17) is 8.83 Å². The highest BCUT2D eigenvalue weighted by atomic mass is 16.3. The van der Waals surface area contributed by atoms with Crippen LogP contribution in [0.15, 0.2) is 361 Å². The maximum Gasteiger partial charge on any atom is 0.140 e. The van der Waals surface area contributed by atoms with Crippen LogP contribution in [-0.2, 0) is 10.8 Å². The minimum Gasteiger partial charge on any atom is -0.456 e. The van der Waals surface area contributed by atoms with Crippen molar-refractivity contribution in [3.05, 3.63) is 396 Å². The zero-order valence-electron chi connectivity index (χ0n) is 53.2. The third-order valence-electron chi connectivity index (χ3n) is 21.7. The smallest absolute Gasteiger partial charge is 0.140 e. The van der Waals surface area contributed by atoms with Gasteiger partial charge in [-0.05, 0) is 185 Å². The molecule has 21 rings (SSSR count). The molecule has 0 bridgehead atoms. The Balaban J connectivity index is 0.662. The van der Waals surface area contributed by atoms with Crippen molar-refractivity contribution >= 4 is 66.8 Å². The van der Waals surface area contributed by atoms with Crippen LogP contribution in [0, 0.1) is 0 Å². The van der Waals surface area contributed by atoms with Crippen molar-refractivity contribution in [2.45, 2.75) is 10.8 Å². The van der Waals surface area contributed by atoms with E-state index in [1.54, 1.807) is 0 Å². The van der Waals surface area contributed by atoms with Crippen molar-refractivity contribution in [3.8, 4) is 78.3 Å². The van der Waals surface area contributed by atoms with Crippen molar-refractivity contribution in [2.75, 3.05) is 9.80 Å². The highest BCUT2D eigenvalue weighted by Crippen LogP contribution is 2.68. The fraction of sp³-hybridized carbons (Fsp3) is 0.0213. The molecule has 0 saturated heterocycles. The van der Waals surface area contributed by atoms with Gasteiger partial charge < -0.3 is 18.6 Å². The molecule has 4 aliphatic rings. The SMILES string of the molecule is c1ccc(-c2ccccc2N(c2ccccc2)c2ccc3c(c2)-c2ccccc2C32c3ccccc3-c3oc4cc(-c5cccc(-c6ccc(N(c7ccc8c(c7)C7(c9ccccc9-c9ccccc97)c7c-8oc8ccccc78)c7ccc8ccccc8c7)cc6)c5)ccc4c32)cc1. The van der Waals surface area contributed by atoms with E-state index in [0.717, 1.165) is 101 Å². The van der Waals surface area contributed by atoms with E-state index in [-0.39, 0.29) is 0 Å². The Kier molecular flexibility index (Phi) is 11.6. The molecule has 0 aliphatic heterocycles. The maximum absolute atomic E-state index is 7.29. The normalized spacial score (nSPS) is 14.4. The molecule has 0 fully saturated rings. The van der Waals surface area contributed by atoms with Crippen LogP contribution in [0.4, 0.5) is 34.1 Å². The molecule has 2 heterocycles. The Labute approximate surface area is 567 Å². The highest BCUT2D eigenvalue weighted by Gasteiger charge is 2.56. The Morgan fingerprint density at radius 3 is 1.41 bits per heavy atom. The first-order chi connectivity index (χ1) is 48.6. The van der Waals surface area contributed by atoms with Crippen LogP contribution in [0.5, 0.6) is 0 Å². The molecule has 4 aliphatic carbocycles. The monoisotopic (exact) mass is 1250 g/mol. The standard InChI is InChI=1S/C94H58N2O2/c1-3-23-61(24-4-1)71-30-13-19-40-86(71)96(66-28-5-2-6-29-66)69-50-53-84-79(57-69)74-33-11-17-38-82(74)93(84)83-39-18-12-34-75(83)91-90(93)78-51-45-65(56-88(78)98-91)63-27-21-26-62(54-63)60-42-46-67(47-43-60)95(68-48-44-59-22-7-8-25-64(59)55-68)70-49-52-76-85(58-70)94(89-77-35-14-20-41-87(77)97-92(76)89)80-36-15-9-31-72(80)73-32-10-16-37-81(73)94/h1-58H. The van der Waals surface area contributed by atoms with Crippen molar-refractivity contribution in [1.29, 1.82) is 0 Å². The zero-order chi connectivity index (χ0) is 64.2. The fourth-order valence-electron chi connectivity index (χ4n) is 17.6. The molecular weight excluding hydrogens is 1190 g/mol. The average Bonchev–Trinajstić information content (AvgIpc) is 1.50. The Bertz CT molecular complexity index is 6110. The second kappa shape index (κ2) is 20.9. The summed E-state index contributed by atoms with van der Waals surface area (Å²) in [7, 11) is 0. The number of furan rings is 2. The van der Waals surface area contributed by atoms with Gasteiger partial charge in [0, 0.05) is 67.0 Å². The van der Waals surface area contributed by atoms with Crippen molar-refractivity contribution in [1.82, 2.24) is 0 Å². The van der Waals surface area contributed by atoms with Gasteiger partial charge in [-0.3, -0.25) is 0 Å². The minimum atomic E-state index is -0.616. The number of rotatable bonds is 9. The molecule has 2 aromatic heterocycles. The lowest BCUT2D eigenvalue weighted by atomic mass is 9.70. The molecule has 1 unspecified atom stereocenters. The molecule has 0 N–H and O–H groups in total. The van der Waals surface area contributed by atoms with Crippen LogP contribution in [0.3, 0.4) is 0 Å². The molecule has 17 aromatic rings. The predicted octanol–water partition coefficient (Wildman–Crippen LogP) is 25.0. The molecule has 456 valence electrons. The lowest BCUT2D eigenvalue weighted by molar-refractivity contribution is 0.628. The van der Waals surface area contributed by atoms with Crippen LogP contribution < -0.4 is 9.80 Å². The van der Waals surface area contributed by atoms with Crippen LogP contribution in [-0.4, -0.2) is 0 Å². The van der Waals surface area contributed by atoms with E-state index in [0.29, 0.717) is 0 Å². The van der Waals surface area contributed by atoms with E-state index in [9.17, 15) is 0 Å². The number of nitrogens with zero attached hydrogens (tertiary/aromatic N) is 2. The summed E-state index contributed by atoms with van der Waals surface area (Å²) in [6.07, 6.45) is 0. The summed E-state index contributed by atoms with van der Waals surface area (Å²) in [6, 6.07) is 129. The average molecular weight is 1250 g/mol. The summed E-state index contributed by atoms with van der Waals surface area (Å²) in [5.74, 6) is 1.88. The first kappa shape index (κ1) is 54.6. The van der Waals surface area contributed by atoms with Crippen LogP contribution in [0.1, 0.15) is 44.5 Å². The number of benzene rings is 15. The molecule has 0 radical (unpaired) electrons. The number of hydrogen-bond acceptors (Lipinski definition) is 4. The van der Waals surface area contributed by atoms with Gasteiger partial charge in [-0.1, -0.05) is 261 Å². The highest BCUT2D eigenvalue weighted by molar-refractivity contribution is 6.06. The molecule has 2 spiro atoms. The maximum atomic E-state index is 7.29. The van der Waals surface area contributed by atoms with E-state index in [1.807, 2.05) is 0 Å². The fourth-order valence-corrected chi connectivity index (χ4v) is 17.6. The first-order valence-corrected chi connectivity index (χ1v) is 33.9. The molecule has 0 amide bonds. The van der Waals surface area contributed by atoms with Gasteiger partial charge in [-0.25, -0.2) is 0 Å². The third kappa shape index (κ3) is 7.60. The minimum absolute atomic E-state index is 0.594. The van der Waals surface area contributed by atoms with E-state index in [2.05, 4.69) is 362 Å². The first-order valence-electron chi connectivity index (χ1n) is 33.9. The third-order valence-corrected chi connectivity index (χ3v) is 21.7. The van der Waals surface area contributed by atoms with Crippen molar-refractivity contribution in [2.24, 2.45) is 0 Å². The number of fused-ring (bicyclic) bond motifs is 25. The zero-order valence-corrected chi connectivity index (χ0v) is 53.2. The van der Waals surface area contributed by atoms with Gasteiger partial charge >= 0.3 is 0 Å². The molecule has 4 nitrogen and oxygen atoms in total. The van der Waals surface area contributed by atoms with E-state index < -0.39 is 10.8 Å². The number of hydrogen-bond donors (Lipinski definition) is 0. The molecule has 4 heteroatoms. The molecule has 0 saturated carbocycles. The largest absolute Gasteiger partial charge is 0.456 e. The van der Waals surface area contributed by atoms with Gasteiger partial charge in [-0.2, -0.15) is 0 Å². The summed E-state index contributed by atoms with van der Waals surface area (Å²) >= 11 is 0. The summed E-state index contributed by atoms with van der Waals surface area (Å²) in [5.41, 5.74) is 31.1. The van der Waals surface area contributed by atoms with Crippen LogP contribution in [0.2, 0.25) is 0 Å². The quantitative estimate of drug-likeness (QED) is 0.144. The predicted molar refractivity (Wildman–Crippen MR) is 402 cm³/mol. The molecule has 15 aromatic carbocycles. The van der Waals surface area contributed by atoms with E-state index in [1.165, 1.54) is 88.7 Å². The topological polar surface area (TPSA) is 32.8 Å². The second-order valence-electron chi connectivity index (χ2n) is 26.5. The summed E-state index contributed by atoms with van der Waals surface area (Å²) in [4.78, 5) is 4.84. The Hall–Kier alpha value is -12.8. The second-order valence-corrected chi connectivity index (χ2v) is 26.5. The Morgan fingerprint density at radius 1 is 0.214 bits per heavy atom.